The molecule has 2 N–H and O–H groups in total. The van der Waals surface area contributed by atoms with Gasteiger partial charge >= 0.3 is 6.09 Å². The number of rotatable bonds is 11. The molecular weight excluding hydrogens is 384 g/mol. The molecule has 1 amide bonds. The lowest BCUT2D eigenvalue weighted by Crippen LogP contribution is -2.31. The Balaban J connectivity index is 3.03. The molecule has 1 rings (SSSR count). The predicted octanol–water partition coefficient (Wildman–Crippen LogP) is 5.03. The maximum atomic E-state index is 12.1. The van der Waals surface area contributed by atoms with Gasteiger partial charge in [-0.15, -0.1) is 0 Å². The number of hydrogen-bond donors (Lipinski definition) is 2. The van der Waals surface area contributed by atoms with Crippen LogP contribution in [-0.4, -0.2) is 41.1 Å². The molecule has 1 aromatic rings. The molecule has 0 radical (unpaired) electrons. The number of aromatic nitrogens is 1. The maximum Gasteiger partial charge on any atom is 0.412 e. The number of allylic oxidation sites excluding steroid dienone is 3. The number of aliphatic hydroxyl groups excluding tert-OH is 1. The van der Waals surface area contributed by atoms with Crippen LogP contribution >= 0.6 is 0 Å². The van der Waals surface area contributed by atoms with E-state index in [4.69, 9.17) is 14.2 Å². The monoisotopic (exact) mass is 418 g/mol. The minimum Gasteiger partial charge on any atom is -0.481 e. The molecule has 0 aliphatic carbocycles. The topological polar surface area (TPSA) is 89.9 Å². The van der Waals surface area contributed by atoms with Crippen molar-refractivity contribution >= 4 is 11.8 Å². The fourth-order valence-corrected chi connectivity index (χ4v) is 2.44. The summed E-state index contributed by atoms with van der Waals surface area (Å²) in [5.41, 5.74) is -0.213. The zero-order valence-electron chi connectivity index (χ0n) is 18.6. The highest BCUT2D eigenvalue weighted by atomic mass is 16.6. The number of carbonyl (C=O) groups excluding carboxylic acids is 1. The van der Waals surface area contributed by atoms with Gasteiger partial charge in [-0.3, -0.25) is 5.32 Å². The third-order valence-corrected chi connectivity index (χ3v) is 3.75. The van der Waals surface area contributed by atoms with E-state index in [-0.39, 0.29) is 11.8 Å². The van der Waals surface area contributed by atoms with Crippen LogP contribution in [0.2, 0.25) is 0 Å². The van der Waals surface area contributed by atoms with Crippen LogP contribution in [0.3, 0.4) is 0 Å². The van der Waals surface area contributed by atoms with Gasteiger partial charge in [0.1, 0.15) is 11.7 Å². The summed E-state index contributed by atoms with van der Waals surface area (Å²) in [5.74, 6) is 0.490. The van der Waals surface area contributed by atoms with Gasteiger partial charge in [0, 0.05) is 18.6 Å². The molecule has 0 spiro atoms. The second-order valence-corrected chi connectivity index (χ2v) is 7.60. The standard InChI is InChI=1S/C23H34N2O5/c1-7-9-11-13-18(26)19(14-12-10-8-2)29-21-16-17(15-20(25-21)28-6)24-22(27)30-23(3,4)5/h7,9-12,15-16,18-19,26H,1,8,13-14H2,2-6H3,(H,24,25,27)/b11-9-,12-10-/t18?,19-/m1/s1. The molecule has 30 heavy (non-hydrogen) atoms. The van der Waals surface area contributed by atoms with Gasteiger partial charge in [0.05, 0.1) is 18.9 Å². The first kappa shape index (κ1) is 25.2. The van der Waals surface area contributed by atoms with E-state index in [1.165, 1.54) is 7.11 Å². The lowest BCUT2D eigenvalue weighted by molar-refractivity contribution is 0.0371. The number of methoxy groups -OCH3 is 1. The van der Waals surface area contributed by atoms with Crippen molar-refractivity contribution in [2.75, 3.05) is 12.4 Å². The Morgan fingerprint density at radius 3 is 2.53 bits per heavy atom. The van der Waals surface area contributed by atoms with E-state index < -0.39 is 23.9 Å². The first-order valence-corrected chi connectivity index (χ1v) is 10.0. The van der Waals surface area contributed by atoms with Crippen molar-refractivity contribution in [3.8, 4) is 11.8 Å². The van der Waals surface area contributed by atoms with Crippen LogP contribution in [0.25, 0.3) is 0 Å². The number of pyridine rings is 1. The predicted molar refractivity (Wildman–Crippen MR) is 119 cm³/mol. The second kappa shape index (κ2) is 12.7. The van der Waals surface area contributed by atoms with Gasteiger partial charge in [-0.25, -0.2) is 4.79 Å². The van der Waals surface area contributed by atoms with Gasteiger partial charge in [0.15, 0.2) is 0 Å². The van der Waals surface area contributed by atoms with E-state index >= 15 is 0 Å². The van der Waals surface area contributed by atoms with Crippen LogP contribution in [0, 0.1) is 0 Å². The highest BCUT2D eigenvalue weighted by Gasteiger charge is 2.21. The summed E-state index contributed by atoms with van der Waals surface area (Å²) >= 11 is 0. The smallest absolute Gasteiger partial charge is 0.412 e. The molecule has 0 saturated heterocycles. The maximum absolute atomic E-state index is 12.1. The zero-order valence-corrected chi connectivity index (χ0v) is 18.6. The third-order valence-electron chi connectivity index (χ3n) is 3.75. The first-order valence-electron chi connectivity index (χ1n) is 10.0. The van der Waals surface area contributed by atoms with Gasteiger partial charge < -0.3 is 19.3 Å². The number of hydrogen-bond acceptors (Lipinski definition) is 6. The molecule has 0 aliphatic rings. The molecule has 1 unspecified atom stereocenters. The second-order valence-electron chi connectivity index (χ2n) is 7.60. The van der Waals surface area contributed by atoms with Crippen molar-refractivity contribution in [1.82, 2.24) is 4.98 Å². The van der Waals surface area contributed by atoms with Crippen LogP contribution in [0.4, 0.5) is 10.5 Å². The summed E-state index contributed by atoms with van der Waals surface area (Å²) < 4.78 is 16.5. The quantitative estimate of drug-likeness (QED) is 0.387. The van der Waals surface area contributed by atoms with Crippen LogP contribution in [0.1, 0.15) is 47.0 Å². The largest absolute Gasteiger partial charge is 0.481 e. The van der Waals surface area contributed by atoms with Crippen molar-refractivity contribution in [2.24, 2.45) is 0 Å². The number of ether oxygens (including phenoxy) is 3. The molecule has 7 nitrogen and oxygen atoms in total. The average Bonchev–Trinajstić information content (AvgIpc) is 2.65. The minimum absolute atomic E-state index is 0.224. The summed E-state index contributed by atoms with van der Waals surface area (Å²) in [7, 11) is 1.47. The van der Waals surface area contributed by atoms with Crippen molar-refractivity contribution < 1.29 is 24.1 Å². The van der Waals surface area contributed by atoms with Crippen molar-refractivity contribution in [1.29, 1.82) is 0 Å². The molecule has 0 fully saturated rings. The number of nitrogens with one attached hydrogen (secondary N) is 1. The zero-order chi connectivity index (χ0) is 22.6. The van der Waals surface area contributed by atoms with Crippen molar-refractivity contribution in [3.63, 3.8) is 0 Å². The van der Waals surface area contributed by atoms with E-state index in [2.05, 4.69) is 16.9 Å². The molecule has 0 aromatic carbocycles. The van der Waals surface area contributed by atoms with Crippen LogP contribution in [0.15, 0.2) is 49.1 Å². The molecule has 0 saturated carbocycles. The van der Waals surface area contributed by atoms with E-state index in [1.807, 2.05) is 25.2 Å². The van der Waals surface area contributed by atoms with E-state index in [1.54, 1.807) is 45.1 Å². The number of anilines is 1. The van der Waals surface area contributed by atoms with E-state index in [0.29, 0.717) is 18.5 Å². The number of aliphatic hydroxyl groups is 1. The van der Waals surface area contributed by atoms with Crippen LogP contribution in [0.5, 0.6) is 11.8 Å². The molecule has 166 valence electrons. The van der Waals surface area contributed by atoms with Gasteiger partial charge in [-0.1, -0.05) is 43.9 Å². The molecule has 1 aromatic heterocycles. The Labute approximate surface area is 179 Å². The van der Waals surface area contributed by atoms with Gasteiger partial charge in [-0.05, 0) is 33.6 Å². The summed E-state index contributed by atoms with van der Waals surface area (Å²) in [5, 5.41) is 13.2. The first-order chi connectivity index (χ1) is 14.2. The molecule has 0 aliphatic heterocycles. The molecule has 1 heterocycles. The van der Waals surface area contributed by atoms with Gasteiger partial charge in [-0.2, -0.15) is 4.98 Å². The minimum atomic E-state index is -0.752. The number of carbonyl (C=O) groups is 1. The van der Waals surface area contributed by atoms with Gasteiger partial charge in [0.25, 0.3) is 0 Å². The Hall–Kier alpha value is -2.80. The SMILES string of the molecule is C=C/C=C\CC(O)[C@@H](C/C=C\CC)Oc1cc(NC(=O)OC(C)(C)C)cc(OC)n1. The molecule has 2 atom stereocenters. The molecule has 0 bridgehead atoms. The molecular formula is C23H34N2O5. The normalized spacial score (nSPS) is 13.8. The Kier molecular flexibility index (Phi) is 10.7. The third kappa shape index (κ3) is 10.1. The summed E-state index contributed by atoms with van der Waals surface area (Å²) in [6.07, 6.45) is 9.14. The average molecular weight is 419 g/mol. The van der Waals surface area contributed by atoms with E-state index in [9.17, 15) is 9.90 Å². The number of amides is 1. The summed E-state index contributed by atoms with van der Waals surface area (Å²) in [6.45, 7) is 11.0. The Morgan fingerprint density at radius 1 is 1.23 bits per heavy atom. The van der Waals surface area contributed by atoms with Crippen LogP contribution < -0.4 is 14.8 Å². The fraction of sp³-hybridized carbons (Fsp3) is 0.478. The van der Waals surface area contributed by atoms with Gasteiger partial charge in [0.2, 0.25) is 11.8 Å². The van der Waals surface area contributed by atoms with E-state index in [0.717, 1.165) is 6.42 Å². The Bertz CT molecular complexity index is 738. The summed E-state index contributed by atoms with van der Waals surface area (Å²) in [6, 6.07) is 3.13. The Morgan fingerprint density at radius 2 is 1.93 bits per heavy atom. The lowest BCUT2D eigenvalue weighted by Gasteiger charge is -2.23. The highest BCUT2D eigenvalue weighted by Crippen LogP contribution is 2.25. The van der Waals surface area contributed by atoms with Crippen LogP contribution in [-0.2, 0) is 4.74 Å². The lowest BCUT2D eigenvalue weighted by atomic mass is 10.1. The van der Waals surface area contributed by atoms with Crippen molar-refractivity contribution in [2.45, 2.75) is 64.8 Å². The summed E-state index contributed by atoms with van der Waals surface area (Å²) in [4.78, 5) is 16.4. The number of nitrogens with zero attached hydrogens (tertiary/aromatic N) is 1. The fourth-order valence-electron chi connectivity index (χ4n) is 2.44. The molecule has 7 heteroatoms. The van der Waals surface area contributed by atoms with Crippen molar-refractivity contribution in [3.05, 3.63) is 49.1 Å². The highest BCUT2D eigenvalue weighted by molar-refractivity contribution is 5.85.